The highest BCUT2D eigenvalue weighted by Crippen LogP contribution is 2.35. The molecule has 3 rings (SSSR count). The third-order valence-electron chi connectivity index (χ3n) is 4.13. The fourth-order valence-corrected chi connectivity index (χ4v) is 4.08. The van der Waals surface area contributed by atoms with Gasteiger partial charge in [-0.15, -0.1) is 11.8 Å². The van der Waals surface area contributed by atoms with Crippen molar-refractivity contribution in [1.29, 1.82) is 0 Å². The quantitative estimate of drug-likeness (QED) is 0.846. The van der Waals surface area contributed by atoms with Gasteiger partial charge in [-0.2, -0.15) is 0 Å². The summed E-state index contributed by atoms with van der Waals surface area (Å²) in [6.07, 6.45) is 3.37. The minimum Gasteiger partial charge on any atom is -0.361 e. The maximum Gasteiger partial charge on any atom is 0.137 e. The van der Waals surface area contributed by atoms with E-state index in [1.807, 2.05) is 25.6 Å². The second-order valence-corrected chi connectivity index (χ2v) is 6.72. The van der Waals surface area contributed by atoms with Crippen molar-refractivity contribution in [3.63, 3.8) is 0 Å². The molecule has 1 atom stereocenters. The van der Waals surface area contributed by atoms with E-state index in [9.17, 15) is 0 Å². The number of rotatable bonds is 5. The van der Waals surface area contributed by atoms with E-state index in [0.717, 1.165) is 30.8 Å². The molecule has 0 aliphatic carbocycles. The summed E-state index contributed by atoms with van der Waals surface area (Å²) in [5, 5.41) is 7.73. The molecule has 2 heterocycles. The van der Waals surface area contributed by atoms with Gasteiger partial charge in [-0.3, -0.25) is 0 Å². The maximum atomic E-state index is 5.22. The highest BCUT2D eigenvalue weighted by Gasteiger charge is 2.19. The third-order valence-corrected chi connectivity index (χ3v) is 5.26. The molecular formula is C17H22N2OS. The molecule has 1 aliphatic rings. The Hall–Kier alpha value is -1.26. The summed E-state index contributed by atoms with van der Waals surface area (Å²) in [5.74, 6) is 2.17. The van der Waals surface area contributed by atoms with Gasteiger partial charge in [0.25, 0.3) is 0 Å². The van der Waals surface area contributed by atoms with Crippen LogP contribution in [-0.2, 0) is 6.42 Å². The van der Waals surface area contributed by atoms with Crippen molar-refractivity contribution in [3.8, 4) is 0 Å². The Morgan fingerprint density at radius 3 is 3.00 bits per heavy atom. The molecule has 2 aromatic rings. The number of benzene rings is 1. The number of nitrogens with one attached hydrogen (secondary N) is 1. The van der Waals surface area contributed by atoms with Crippen LogP contribution in [-0.4, -0.2) is 17.5 Å². The van der Waals surface area contributed by atoms with Crippen molar-refractivity contribution in [2.45, 2.75) is 44.0 Å². The molecule has 0 spiro atoms. The van der Waals surface area contributed by atoms with Crippen LogP contribution in [0, 0.1) is 13.8 Å². The highest BCUT2D eigenvalue weighted by atomic mass is 32.2. The number of aromatic nitrogens is 1. The van der Waals surface area contributed by atoms with E-state index in [0.29, 0.717) is 6.04 Å². The first kappa shape index (κ1) is 14.7. The predicted molar refractivity (Wildman–Crippen MR) is 86.8 cm³/mol. The maximum absolute atomic E-state index is 5.22. The fourth-order valence-electron chi connectivity index (χ4n) is 2.95. The first-order valence-corrected chi connectivity index (χ1v) is 8.61. The van der Waals surface area contributed by atoms with E-state index in [4.69, 9.17) is 4.52 Å². The second kappa shape index (κ2) is 6.67. The van der Waals surface area contributed by atoms with Gasteiger partial charge in [0.05, 0.1) is 5.69 Å². The molecule has 0 saturated carbocycles. The van der Waals surface area contributed by atoms with Crippen LogP contribution < -0.4 is 5.32 Å². The predicted octanol–water partition coefficient (Wildman–Crippen LogP) is 4.05. The molecule has 0 amide bonds. The van der Waals surface area contributed by atoms with Crippen LogP contribution in [0.25, 0.3) is 0 Å². The van der Waals surface area contributed by atoms with Crippen LogP contribution in [0.1, 0.15) is 41.5 Å². The van der Waals surface area contributed by atoms with Crippen molar-refractivity contribution in [3.05, 3.63) is 46.8 Å². The van der Waals surface area contributed by atoms with Crippen LogP contribution in [0.3, 0.4) is 0 Å². The fraction of sp³-hybridized carbons (Fsp3) is 0.471. The summed E-state index contributed by atoms with van der Waals surface area (Å²) in [6.45, 7) is 5.05. The van der Waals surface area contributed by atoms with Crippen LogP contribution >= 0.6 is 11.8 Å². The number of fused-ring (bicyclic) bond motifs is 1. The zero-order valence-electron chi connectivity index (χ0n) is 12.7. The molecule has 0 radical (unpaired) electrons. The molecule has 1 aromatic carbocycles. The largest absolute Gasteiger partial charge is 0.361 e. The Balaban J connectivity index is 1.53. The lowest BCUT2D eigenvalue weighted by molar-refractivity contribution is 0.392. The average Bonchev–Trinajstić information content (AvgIpc) is 2.83. The van der Waals surface area contributed by atoms with Gasteiger partial charge in [0.15, 0.2) is 0 Å². The van der Waals surface area contributed by atoms with Crippen LogP contribution in [0.2, 0.25) is 0 Å². The van der Waals surface area contributed by atoms with E-state index >= 15 is 0 Å². The zero-order valence-corrected chi connectivity index (χ0v) is 13.5. The van der Waals surface area contributed by atoms with Crippen LogP contribution in [0.15, 0.2) is 33.7 Å². The normalized spacial score (nSPS) is 17.7. The summed E-state index contributed by atoms with van der Waals surface area (Å²) in [5.41, 5.74) is 3.77. The van der Waals surface area contributed by atoms with Crippen molar-refractivity contribution in [1.82, 2.24) is 10.5 Å². The first-order valence-electron chi connectivity index (χ1n) is 7.62. The van der Waals surface area contributed by atoms with Gasteiger partial charge in [0.1, 0.15) is 5.76 Å². The number of nitrogens with zero attached hydrogens (tertiary/aromatic N) is 1. The summed E-state index contributed by atoms with van der Waals surface area (Å²) in [6, 6.07) is 9.27. The first-order chi connectivity index (χ1) is 10.3. The van der Waals surface area contributed by atoms with Crippen molar-refractivity contribution < 1.29 is 4.52 Å². The van der Waals surface area contributed by atoms with Crippen LogP contribution in [0.5, 0.6) is 0 Å². The van der Waals surface area contributed by atoms with E-state index < -0.39 is 0 Å². The Bertz CT molecular complexity index is 589. The van der Waals surface area contributed by atoms with Crippen molar-refractivity contribution in [2.75, 3.05) is 12.3 Å². The Kier molecular flexibility index (Phi) is 4.66. The molecule has 3 nitrogen and oxygen atoms in total. The van der Waals surface area contributed by atoms with E-state index in [1.54, 1.807) is 0 Å². The number of hydrogen-bond donors (Lipinski definition) is 1. The SMILES string of the molecule is Cc1noc(C)c1CCCNC1CCSc2ccccc21. The third kappa shape index (κ3) is 3.33. The summed E-state index contributed by atoms with van der Waals surface area (Å²) in [4.78, 5) is 1.44. The molecule has 4 heteroatoms. The monoisotopic (exact) mass is 302 g/mol. The molecule has 0 bridgehead atoms. The molecule has 1 aromatic heterocycles. The van der Waals surface area contributed by atoms with Crippen molar-refractivity contribution >= 4 is 11.8 Å². The molecule has 112 valence electrons. The molecule has 0 saturated heterocycles. The van der Waals surface area contributed by atoms with Crippen LogP contribution in [0.4, 0.5) is 0 Å². The number of thioether (sulfide) groups is 1. The lowest BCUT2D eigenvalue weighted by Gasteiger charge is -2.26. The Morgan fingerprint density at radius 1 is 1.33 bits per heavy atom. The summed E-state index contributed by atoms with van der Waals surface area (Å²) >= 11 is 1.97. The highest BCUT2D eigenvalue weighted by molar-refractivity contribution is 7.99. The average molecular weight is 302 g/mol. The Morgan fingerprint density at radius 2 is 2.19 bits per heavy atom. The smallest absolute Gasteiger partial charge is 0.137 e. The van der Waals surface area contributed by atoms with Gasteiger partial charge in [-0.1, -0.05) is 23.4 Å². The molecular weight excluding hydrogens is 280 g/mol. The van der Waals surface area contributed by atoms with E-state index in [2.05, 4.69) is 34.7 Å². The van der Waals surface area contributed by atoms with Gasteiger partial charge in [0, 0.05) is 16.5 Å². The number of hydrogen-bond acceptors (Lipinski definition) is 4. The van der Waals surface area contributed by atoms with Gasteiger partial charge in [-0.05, 0) is 57.0 Å². The molecule has 0 fully saturated rings. The minimum atomic E-state index is 0.507. The molecule has 1 aliphatic heterocycles. The van der Waals surface area contributed by atoms with E-state index in [1.165, 1.54) is 28.2 Å². The molecule has 1 N–H and O–H groups in total. The van der Waals surface area contributed by atoms with Gasteiger partial charge < -0.3 is 9.84 Å². The topological polar surface area (TPSA) is 38.1 Å². The zero-order chi connectivity index (χ0) is 14.7. The second-order valence-electron chi connectivity index (χ2n) is 5.59. The lowest BCUT2D eigenvalue weighted by Crippen LogP contribution is -2.25. The Labute approximate surface area is 130 Å². The lowest BCUT2D eigenvalue weighted by atomic mass is 10.0. The molecule has 1 unspecified atom stereocenters. The standard InChI is InChI=1S/C17H22N2OS/c1-12-14(13(2)20-19-12)7-5-10-18-16-9-11-21-17-8-4-3-6-15(16)17/h3-4,6,8,16,18H,5,7,9-11H2,1-2H3. The summed E-state index contributed by atoms with van der Waals surface area (Å²) in [7, 11) is 0. The van der Waals surface area contributed by atoms with Gasteiger partial charge in [-0.25, -0.2) is 0 Å². The molecule has 21 heavy (non-hydrogen) atoms. The summed E-state index contributed by atoms with van der Waals surface area (Å²) < 4.78 is 5.22. The van der Waals surface area contributed by atoms with Gasteiger partial charge >= 0.3 is 0 Å². The van der Waals surface area contributed by atoms with E-state index in [-0.39, 0.29) is 0 Å². The van der Waals surface area contributed by atoms with Gasteiger partial charge in [0.2, 0.25) is 0 Å². The number of aryl methyl sites for hydroxylation is 2. The van der Waals surface area contributed by atoms with Crippen molar-refractivity contribution in [2.24, 2.45) is 0 Å². The minimum absolute atomic E-state index is 0.507.